The Morgan fingerprint density at radius 2 is 1.88 bits per heavy atom. The van der Waals surface area contributed by atoms with E-state index in [0.29, 0.717) is 48.0 Å². The van der Waals surface area contributed by atoms with Gasteiger partial charge in [0.1, 0.15) is 35.5 Å². The van der Waals surface area contributed by atoms with Crippen molar-refractivity contribution in [2.24, 2.45) is 5.73 Å². The second-order valence-electron chi connectivity index (χ2n) is 9.39. The molecule has 0 radical (unpaired) electrons. The maximum Gasteiger partial charge on any atom is 0.321 e. The van der Waals surface area contributed by atoms with Gasteiger partial charge in [-0.15, -0.1) is 0 Å². The minimum absolute atomic E-state index is 0.0101. The first-order valence-electron chi connectivity index (χ1n) is 12.9. The molecule has 2 heterocycles. The number of aliphatic carboxylic acids is 1. The van der Waals surface area contributed by atoms with Crippen molar-refractivity contribution in [2.45, 2.75) is 31.3 Å². The number of benzene rings is 2. The Hall–Kier alpha value is -4.16. The van der Waals surface area contributed by atoms with E-state index in [-0.39, 0.29) is 29.2 Å². The molecule has 1 amide bonds. The highest BCUT2D eigenvalue weighted by molar-refractivity contribution is 7.99. The van der Waals surface area contributed by atoms with Crippen LogP contribution < -0.4 is 21.5 Å². The molecule has 3 aromatic rings. The lowest BCUT2D eigenvalue weighted by molar-refractivity contribution is -0.138. The molecule has 210 valence electrons. The van der Waals surface area contributed by atoms with Crippen LogP contribution in [0.15, 0.2) is 60.9 Å². The molecule has 1 aliphatic heterocycles. The van der Waals surface area contributed by atoms with E-state index < -0.39 is 12.0 Å². The number of rotatable bonds is 12. The van der Waals surface area contributed by atoms with Gasteiger partial charge in [-0.05, 0) is 49.2 Å². The largest absolute Gasteiger partial charge is 0.480 e. The summed E-state index contributed by atoms with van der Waals surface area (Å²) in [6, 6.07) is 15.6. The lowest BCUT2D eigenvalue weighted by atomic mass is 10.0. The number of nitrogens with two attached hydrogens (primary N) is 2. The van der Waals surface area contributed by atoms with Gasteiger partial charge in [0.15, 0.2) is 0 Å². The molecule has 0 aliphatic carbocycles. The minimum Gasteiger partial charge on any atom is -0.480 e. The third kappa shape index (κ3) is 7.70. The molecule has 1 saturated heterocycles. The van der Waals surface area contributed by atoms with E-state index >= 15 is 0 Å². The number of carbonyl (C=O) groups excluding carboxylic acids is 1. The number of carboxylic acid groups (broad SMARTS) is 1. The number of carbonyl (C=O) groups is 2. The Bertz CT molecular complexity index is 1320. The van der Waals surface area contributed by atoms with E-state index in [1.54, 1.807) is 29.2 Å². The Labute approximate surface area is 236 Å². The highest BCUT2D eigenvalue weighted by Gasteiger charge is 2.26. The fraction of sp³-hybridized carbons (Fsp3) is 0.321. The third-order valence-electron chi connectivity index (χ3n) is 6.44. The third-order valence-corrected chi connectivity index (χ3v) is 7.53. The maximum absolute atomic E-state index is 12.8. The fourth-order valence-corrected chi connectivity index (χ4v) is 5.21. The normalized spacial score (nSPS) is 15.7. The number of aromatic nitrogens is 2. The highest BCUT2D eigenvalue weighted by atomic mass is 32.2. The Kier molecular flexibility index (Phi) is 9.92. The number of piperidine rings is 1. The molecule has 0 saturated carbocycles. The summed E-state index contributed by atoms with van der Waals surface area (Å²) in [5, 5.41) is 21.1. The molecule has 4 rings (SSSR count). The maximum atomic E-state index is 12.8. The highest BCUT2D eigenvalue weighted by Crippen LogP contribution is 2.26. The predicted octanol–water partition coefficient (Wildman–Crippen LogP) is 3.21. The molecule has 1 fully saturated rings. The van der Waals surface area contributed by atoms with Crippen molar-refractivity contribution in [3.05, 3.63) is 72.1 Å². The van der Waals surface area contributed by atoms with E-state index in [2.05, 4.69) is 15.3 Å². The summed E-state index contributed by atoms with van der Waals surface area (Å²) in [5.74, 6) is 1.73. The molecular formula is C28H33N7O4S. The van der Waals surface area contributed by atoms with Crippen LogP contribution in [0.5, 0.6) is 11.5 Å². The number of thioether (sulfide) groups is 1. The van der Waals surface area contributed by atoms with Crippen LogP contribution in [0.3, 0.4) is 0 Å². The summed E-state index contributed by atoms with van der Waals surface area (Å²) >= 11 is 1.36. The van der Waals surface area contributed by atoms with Crippen molar-refractivity contribution < 1.29 is 19.4 Å². The Morgan fingerprint density at radius 3 is 2.60 bits per heavy atom. The number of hydrogen-bond acceptors (Lipinski definition) is 10. The number of nitrogens with one attached hydrogen (secondary N) is 2. The van der Waals surface area contributed by atoms with Crippen molar-refractivity contribution in [2.75, 3.05) is 35.6 Å². The first kappa shape index (κ1) is 28.8. The van der Waals surface area contributed by atoms with Crippen LogP contribution in [0.2, 0.25) is 0 Å². The van der Waals surface area contributed by atoms with Gasteiger partial charge in [-0.25, -0.2) is 9.97 Å². The Morgan fingerprint density at radius 1 is 1.15 bits per heavy atom. The standard InChI is InChI=1S/C28H33N7O4S/c29-22(28(37)38)16-40-14-12-23(36)35-13-4-5-19(15-35)34-27-24(26(31)32-17-33-27)25(30)18-8-10-21(11-9-18)39-20-6-2-1-3-7-20/h1-3,6-11,17,19,22,30H,4-5,12-16,29H2,(H,37,38)(H3,31,32,33,34). The average molecular weight is 564 g/mol. The first-order valence-corrected chi connectivity index (χ1v) is 14.1. The number of para-hydroxylation sites is 1. The minimum atomic E-state index is -1.05. The molecule has 0 spiro atoms. The molecule has 0 bridgehead atoms. The number of hydrogen-bond donors (Lipinski definition) is 5. The predicted molar refractivity (Wildman–Crippen MR) is 156 cm³/mol. The van der Waals surface area contributed by atoms with Gasteiger partial charge in [-0.2, -0.15) is 11.8 Å². The van der Waals surface area contributed by atoms with Crippen molar-refractivity contribution in [1.82, 2.24) is 14.9 Å². The quantitative estimate of drug-likeness (QED) is 0.162. The summed E-state index contributed by atoms with van der Waals surface area (Å²) in [6.07, 6.45) is 3.31. The second kappa shape index (κ2) is 13.8. The fourth-order valence-electron chi connectivity index (χ4n) is 4.33. The van der Waals surface area contributed by atoms with Crippen molar-refractivity contribution in [3.63, 3.8) is 0 Å². The summed E-state index contributed by atoms with van der Waals surface area (Å²) in [4.78, 5) is 33.9. The van der Waals surface area contributed by atoms with Crippen LogP contribution in [0.4, 0.5) is 11.6 Å². The molecule has 2 aromatic carbocycles. The molecule has 11 nitrogen and oxygen atoms in total. The van der Waals surface area contributed by atoms with E-state index in [0.717, 1.165) is 18.6 Å². The van der Waals surface area contributed by atoms with E-state index in [1.807, 2.05) is 30.3 Å². The van der Waals surface area contributed by atoms with Crippen LogP contribution in [-0.4, -0.2) is 74.2 Å². The number of likely N-dealkylation sites (tertiary alicyclic amines) is 1. The monoisotopic (exact) mass is 563 g/mol. The van der Waals surface area contributed by atoms with Gasteiger partial charge >= 0.3 is 5.97 Å². The van der Waals surface area contributed by atoms with Crippen molar-refractivity contribution in [1.29, 1.82) is 5.41 Å². The average Bonchev–Trinajstić information content (AvgIpc) is 2.96. The second-order valence-corrected chi connectivity index (χ2v) is 10.5. The van der Waals surface area contributed by atoms with Crippen LogP contribution >= 0.6 is 11.8 Å². The summed E-state index contributed by atoms with van der Waals surface area (Å²) < 4.78 is 5.85. The molecule has 2 unspecified atom stereocenters. The van der Waals surface area contributed by atoms with Gasteiger partial charge in [-0.3, -0.25) is 15.0 Å². The Balaban J connectivity index is 1.38. The number of ether oxygens (including phenoxy) is 1. The van der Waals surface area contributed by atoms with Crippen LogP contribution in [0.1, 0.15) is 30.4 Å². The zero-order valence-corrected chi connectivity index (χ0v) is 22.8. The number of nitrogens with zero attached hydrogens (tertiary/aromatic N) is 3. The smallest absolute Gasteiger partial charge is 0.321 e. The molecule has 1 aliphatic rings. The first-order chi connectivity index (χ1) is 19.3. The van der Waals surface area contributed by atoms with E-state index in [9.17, 15) is 9.59 Å². The number of amides is 1. The number of anilines is 2. The lowest BCUT2D eigenvalue weighted by Crippen LogP contribution is -2.45. The van der Waals surface area contributed by atoms with Gasteiger partial charge < -0.3 is 31.5 Å². The van der Waals surface area contributed by atoms with Crippen LogP contribution in [-0.2, 0) is 9.59 Å². The van der Waals surface area contributed by atoms with E-state index in [1.165, 1.54) is 18.1 Å². The van der Waals surface area contributed by atoms with Crippen molar-refractivity contribution in [3.8, 4) is 11.5 Å². The summed E-state index contributed by atoms with van der Waals surface area (Å²) in [7, 11) is 0. The van der Waals surface area contributed by atoms with Gasteiger partial charge in [0.2, 0.25) is 5.91 Å². The molecule has 40 heavy (non-hydrogen) atoms. The van der Waals surface area contributed by atoms with Gasteiger partial charge in [0, 0.05) is 42.6 Å². The molecule has 12 heteroatoms. The SMILES string of the molecule is N=C(c1ccc(Oc2ccccc2)cc1)c1c(N)ncnc1NC1CCCN(C(=O)CCSCC(N)C(=O)O)C1. The zero-order chi connectivity index (χ0) is 28.5. The molecule has 2 atom stereocenters. The van der Waals surface area contributed by atoms with Crippen LogP contribution in [0.25, 0.3) is 0 Å². The van der Waals surface area contributed by atoms with Crippen LogP contribution in [0, 0.1) is 5.41 Å². The summed E-state index contributed by atoms with van der Waals surface area (Å²) in [6.45, 7) is 1.14. The van der Waals surface area contributed by atoms with E-state index in [4.69, 9.17) is 26.7 Å². The van der Waals surface area contributed by atoms with Gasteiger partial charge in [0.25, 0.3) is 0 Å². The van der Waals surface area contributed by atoms with Crippen molar-refractivity contribution >= 4 is 41.0 Å². The molecule has 7 N–H and O–H groups in total. The van der Waals surface area contributed by atoms with Gasteiger partial charge in [0.05, 0.1) is 11.3 Å². The van der Waals surface area contributed by atoms with Gasteiger partial charge in [-0.1, -0.05) is 18.2 Å². The molecular weight excluding hydrogens is 530 g/mol. The number of nitrogen functional groups attached to an aromatic ring is 1. The summed E-state index contributed by atoms with van der Waals surface area (Å²) in [5.41, 5.74) is 12.9. The zero-order valence-electron chi connectivity index (χ0n) is 22.0. The number of carboxylic acids is 1. The lowest BCUT2D eigenvalue weighted by Gasteiger charge is -2.34. The molecule has 1 aromatic heterocycles. The topological polar surface area (TPSA) is 181 Å².